The van der Waals surface area contributed by atoms with Crippen LogP contribution in [0.2, 0.25) is 0 Å². The van der Waals surface area contributed by atoms with E-state index in [4.69, 9.17) is 5.73 Å². The van der Waals surface area contributed by atoms with Crippen LogP contribution in [0.5, 0.6) is 0 Å². The summed E-state index contributed by atoms with van der Waals surface area (Å²) in [5, 5.41) is 6.25. The van der Waals surface area contributed by atoms with Crippen LogP contribution in [0.25, 0.3) is 11.1 Å². The SMILES string of the molecule is Nc1ccc(-c2ccccc2NC(=O)C2CCCN2)cc1. The maximum Gasteiger partial charge on any atom is 0.241 e. The van der Waals surface area contributed by atoms with Gasteiger partial charge in [-0.25, -0.2) is 0 Å². The molecule has 4 heteroatoms. The highest BCUT2D eigenvalue weighted by Gasteiger charge is 2.22. The number of anilines is 2. The number of nitrogens with two attached hydrogens (primary N) is 1. The lowest BCUT2D eigenvalue weighted by atomic mass is 10.0. The highest BCUT2D eigenvalue weighted by Crippen LogP contribution is 2.28. The van der Waals surface area contributed by atoms with E-state index in [1.165, 1.54) is 0 Å². The molecule has 4 nitrogen and oxygen atoms in total. The predicted octanol–water partition coefficient (Wildman–Crippen LogP) is 2.63. The number of rotatable bonds is 3. The Balaban J connectivity index is 1.85. The van der Waals surface area contributed by atoms with Crippen LogP contribution in [0.1, 0.15) is 12.8 Å². The maximum atomic E-state index is 12.3. The van der Waals surface area contributed by atoms with E-state index in [1.807, 2.05) is 48.5 Å². The lowest BCUT2D eigenvalue weighted by Gasteiger charge is -2.14. The Kier molecular flexibility index (Phi) is 3.88. The van der Waals surface area contributed by atoms with Crippen molar-refractivity contribution < 1.29 is 4.79 Å². The van der Waals surface area contributed by atoms with Crippen molar-refractivity contribution in [2.45, 2.75) is 18.9 Å². The molecule has 3 rings (SSSR count). The second kappa shape index (κ2) is 5.97. The largest absolute Gasteiger partial charge is 0.399 e. The van der Waals surface area contributed by atoms with Gasteiger partial charge in [-0.1, -0.05) is 30.3 Å². The summed E-state index contributed by atoms with van der Waals surface area (Å²) in [6, 6.07) is 15.4. The van der Waals surface area contributed by atoms with E-state index in [0.29, 0.717) is 0 Å². The third-order valence-electron chi connectivity index (χ3n) is 3.78. The maximum absolute atomic E-state index is 12.3. The van der Waals surface area contributed by atoms with Gasteiger partial charge in [0.2, 0.25) is 5.91 Å². The molecular formula is C17H19N3O. The average Bonchev–Trinajstić information content (AvgIpc) is 3.03. The monoisotopic (exact) mass is 281 g/mol. The first-order chi connectivity index (χ1) is 10.2. The van der Waals surface area contributed by atoms with Crippen molar-refractivity contribution in [3.05, 3.63) is 48.5 Å². The zero-order valence-electron chi connectivity index (χ0n) is 11.8. The predicted molar refractivity (Wildman–Crippen MR) is 85.9 cm³/mol. The van der Waals surface area contributed by atoms with Crippen molar-refractivity contribution in [1.82, 2.24) is 5.32 Å². The number of nitrogens with one attached hydrogen (secondary N) is 2. The van der Waals surface area contributed by atoms with Crippen molar-refractivity contribution in [1.29, 1.82) is 0 Å². The first-order valence-electron chi connectivity index (χ1n) is 7.23. The molecule has 1 amide bonds. The number of amides is 1. The number of hydrogen-bond donors (Lipinski definition) is 3. The smallest absolute Gasteiger partial charge is 0.241 e. The number of nitrogen functional groups attached to an aromatic ring is 1. The molecule has 1 saturated heterocycles. The summed E-state index contributed by atoms with van der Waals surface area (Å²) in [5.41, 5.74) is 9.34. The molecule has 0 aromatic heterocycles. The Bertz CT molecular complexity index is 631. The van der Waals surface area contributed by atoms with Crippen LogP contribution in [0.15, 0.2) is 48.5 Å². The van der Waals surface area contributed by atoms with Crippen LogP contribution in [0.3, 0.4) is 0 Å². The number of carbonyl (C=O) groups excluding carboxylic acids is 1. The van der Waals surface area contributed by atoms with Crippen LogP contribution in [-0.2, 0) is 4.79 Å². The normalized spacial score (nSPS) is 17.6. The second-order valence-corrected chi connectivity index (χ2v) is 5.31. The van der Waals surface area contributed by atoms with Gasteiger partial charge in [-0.2, -0.15) is 0 Å². The molecule has 0 radical (unpaired) electrons. The number of para-hydroxylation sites is 1. The van der Waals surface area contributed by atoms with Crippen molar-refractivity contribution in [2.75, 3.05) is 17.6 Å². The molecule has 108 valence electrons. The molecule has 0 aliphatic carbocycles. The van der Waals surface area contributed by atoms with Gasteiger partial charge in [0.1, 0.15) is 0 Å². The number of hydrogen-bond acceptors (Lipinski definition) is 3. The first-order valence-corrected chi connectivity index (χ1v) is 7.23. The number of carbonyl (C=O) groups is 1. The van der Waals surface area contributed by atoms with Gasteiger partial charge in [0.25, 0.3) is 0 Å². The third-order valence-corrected chi connectivity index (χ3v) is 3.78. The van der Waals surface area contributed by atoms with Gasteiger partial charge in [-0.15, -0.1) is 0 Å². The quantitative estimate of drug-likeness (QED) is 0.758. The molecule has 0 saturated carbocycles. The van der Waals surface area contributed by atoms with Crippen LogP contribution in [0, 0.1) is 0 Å². The lowest BCUT2D eigenvalue weighted by Crippen LogP contribution is -2.35. The molecule has 1 atom stereocenters. The molecular weight excluding hydrogens is 262 g/mol. The Morgan fingerprint density at radius 1 is 1.14 bits per heavy atom. The van der Waals surface area contributed by atoms with E-state index in [0.717, 1.165) is 41.9 Å². The fourth-order valence-corrected chi connectivity index (χ4v) is 2.63. The fourth-order valence-electron chi connectivity index (χ4n) is 2.63. The molecule has 1 heterocycles. The van der Waals surface area contributed by atoms with Crippen molar-refractivity contribution in [3.8, 4) is 11.1 Å². The molecule has 2 aromatic carbocycles. The Morgan fingerprint density at radius 3 is 2.62 bits per heavy atom. The lowest BCUT2D eigenvalue weighted by molar-refractivity contribution is -0.117. The third kappa shape index (κ3) is 3.06. The van der Waals surface area contributed by atoms with Gasteiger partial charge in [0, 0.05) is 16.9 Å². The zero-order valence-corrected chi connectivity index (χ0v) is 11.8. The van der Waals surface area contributed by atoms with Crippen molar-refractivity contribution in [2.24, 2.45) is 0 Å². The zero-order chi connectivity index (χ0) is 14.7. The van der Waals surface area contributed by atoms with Crippen molar-refractivity contribution in [3.63, 3.8) is 0 Å². The Hall–Kier alpha value is -2.33. The molecule has 1 aliphatic rings. The minimum absolute atomic E-state index is 0.0374. The van der Waals surface area contributed by atoms with Crippen LogP contribution in [-0.4, -0.2) is 18.5 Å². The average molecular weight is 281 g/mol. The minimum atomic E-state index is -0.0792. The summed E-state index contributed by atoms with van der Waals surface area (Å²) in [5.74, 6) is 0.0374. The Morgan fingerprint density at radius 2 is 1.90 bits per heavy atom. The first kappa shape index (κ1) is 13.6. The van der Waals surface area contributed by atoms with Crippen LogP contribution in [0.4, 0.5) is 11.4 Å². The highest BCUT2D eigenvalue weighted by molar-refractivity contribution is 5.98. The molecule has 1 unspecified atom stereocenters. The minimum Gasteiger partial charge on any atom is -0.399 e. The number of benzene rings is 2. The summed E-state index contributed by atoms with van der Waals surface area (Å²) in [6.45, 7) is 0.914. The van der Waals surface area contributed by atoms with E-state index in [-0.39, 0.29) is 11.9 Å². The van der Waals surface area contributed by atoms with Gasteiger partial charge in [-0.05, 0) is 43.1 Å². The van der Waals surface area contributed by atoms with E-state index >= 15 is 0 Å². The molecule has 1 aliphatic heterocycles. The standard InChI is InChI=1S/C17H19N3O/c18-13-9-7-12(8-10-13)14-4-1-2-5-15(14)20-17(21)16-6-3-11-19-16/h1-2,4-5,7-10,16,19H,3,6,11,18H2,(H,20,21). The summed E-state index contributed by atoms with van der Waals surface area (Å²) in [4.78, 5) is 12.3. The van der Waals surface area contributed by atoms with Gasteiger partial charge < -0.3 is 16.4 Å². The summed E-state index contributed by atoms with van der Waals surface area (Å²) < 4.78 is 0. The molecule has 1 fully saturated rings. The topological polar surface area (TPSA) is 67.1 Å². The van der Waals surface area contributed by atoms with Gasteiger partial charge in [0.05, 0.1) is 6.04 Å². The van der Waals surface area contributed by atoms with Gasteiger partial charge in [0.15, 0.2) is 0 Å². The molecule has 4 N–H and O–H groups in total. The van der Waals surface area contributed by atoms with Gasteiger partial charge in [-0.3, -0.25) is 4.79 Å². The molecule has 21 heavy (non-hydrogen) atoms. The fraction of sp³-hybridized carbons (Fsp3) is 0.235. The van der Waals surface area contributed by atoms with Crippen LogP contribution < -0.4 is 16.4 Å². The van der Waals surface area contributed by atoms with E-state index in [2.05, 4.69) is 10.6 Å². The summed E-state index contributed by atoms with van der Waals surface area (Å²) in [7, 11) is 0. The van der Waals surface area contributed by atoms with Crippen molar-refractivity contribution >= 4 is 17.3 Å². The second-order valence-electron chi connectivity index (χ2n) is 5.31. The Labute approximate surface area is 124 Å². The molecule has 0 bridgehead atoms. The van der Waals surface area contributed by atoms with Crippen LogP contribution >= 0.6 is 0 Å². The van der Waals surface area contributed by atoms with E-state index in [9.17, 15) is 4.79 Å². The van der Waals surface area contributed by atoms with Gasteiger partial charge >= 0.3 is 0 Å². The highest BCUT2D eigenvalue weighted by atomic mass is 16.2. The summed E-state index contributed by atoms with van der Waals surface area (Å²) in [6.07, 6.45) is 1.95. The summed E-state index contributed by atoms with van der Waals surface area (Å²) >= 11 is 0. The molecule has 2 aromatic rings. The molecule has 0 spiro atoms. The van der Waals surface area contributed by atoms with E-state index in [1.54, 1.807) is 0 Å². The van der Waals surface area contributed by atoms with E-state index < -0.39 is 0 Å².